The molecule has 0 aliphatic heterocycles. The van der Waals surface area contributed by atoms with E-state index in [1.807, 2.05) is 33.8 Å². The van der Waals surface area contributed by atoms with E-state index in [1.165, 1.54) is 19.2 Å². The lowest BCUT2D eigenvalue weighted by Crippen LogP contribution is -2.38. The van der Waals surface area contributed by atoms with Crippen molar-refractivity contribution < 1.29 is 22.1 Å². The van der Waals surface area contributed by atoms with Gasteiger partial charge in [0.2, 0.25) is 5.91 Å². The van der Waals surface area contributed by atoms with Gasteiger partial charge in [-0.15, -0.1) is 0 Å². The maximum absolute atomic E-state index is 12.5. The number of rotatable bonds is 8. The highest BCUT2D eigenvalue weighted by Gasteiger charge is 2.21. The lowest BCUT2D eigenvalue weighted by Gasteiger charge is -2.28. The monoisotopic (exact) mass is 405 g/mol. The fourth-order valence-corrected chi connectivity index (χ4v) is 3.58. The van der Waals surface area contributed by atoms with Gasteiger partial charge in [-0.05, 0) is 55.8 Å². The van der Waals surface area contributed by atoms with Crippen LogP contribution in [0.25, 0.3) is 0 Å². The van der Waals surface area contributed by atoms with Gasteiger partial charge in [0.1, 0.15) is 16.4 Å². The molecule has 152 valence electrons. The minimum Gasteiger partial charge on any atom is -0.497 e. The van der Waals surface area contributed by atoms with E-state index in [4.69, 9.17) is 8.92 Å². The maximum atomic E-state index is 12.5. The van der Waals surface area contributed by atoms with Crippen molar-refractivity contribution in [2.75, 3.05) is 7.11 Å². The molecule has 6 nitrogen and oxygen atoms in total. The van der Waals surface area contributed by atoms with Crippen LogP contribution in [0.3, 0.4) is 0 Å². The van der Waals surface area contributed by atoms with Crippen LogP contribution in [0.2, 0.25) is 0 Å². The third kappa shape index (κ3) is 5.48. The van der Waals surface area contributed by atoms with Crippen LogP contribution in [0.15, 0.2) is 53.4 Å². The van der Waals surface area contributed by atoms with Gasteiger partial charge >= 0.3 is 10.1 Å². The molecule has 0 atom stereocenters. The molecule has 0 N–H and O–H groups in total. The Bertz CT molecular complexity index is 905. The van der Waals surface area contributed by atoms with E-state index in [2.05, 4.69) is 0 Å². The summed E-state index contributed by atoms with van der Waals surface area (Å²) in [5.74, 6) is 0.697. The van der Waals surface area contributed by atoms with Crippen molar-refractivity contribution >= 4 is 16.0 Å². The molecule has 28 heavy (non-hydrogen) atoms. The molecule has 0 aromatic heterocycles. The minimum atomic E-state index is -3.97. The van der Waals surface area contributed by atoms with E-state index in [-0.39, 0.29) is 28.5 Å². The first kappa shape index (κ1) is 21.8. The second-order valence-corrected chi connectivity index (χ2v) is 8.62. The smallest absolute Gasteiger partial charge is 0.339 e. The summed E-state index contributed by atoms with van der Waals surface area (Å²) in [5, 5.41) is 0. The standard InChI is InChI=1S/C21H27NO5S/c1-15(2)21(23)22(16(3)4)14-17-7-6-8-19(13-17)27-28(24,25)20-11-9-18(26-5)10-12-20/h6-13,15-16H,14H2,1-5H3. The van der Waals surface area contributed by atoms with Crippen molar-refractivity contribution in [3.05, 3.63) is 54.1 Å². The summed E-state index contributed by atoms with van der Waals surface area (Å²) in [6.45, 7) is 8.01. The van der Waals surface area contributed by atoms with Crippen molar-refractivity contribution in [2.24, 2.45) is 5.92 Å². The van der Waals surface area contributed by atoms with Gasteiger partial charge in [-0.3, -0.25) is 4.79 Å². The number of benzene rings is 2. The van der Waals surface area contributed by atoms with Gasteiger partial charge < -0.3 is 13.8 Å². The molecule has 0 spiro atoms. The molecule has 0 radical (unpaired) electrons. The Morgan fingerprint density at radius 3 is 2.18 bits per heavy atom. The Kier molecular flexibility index (Phi) is 7.07. The number of hydrogen-bond acceptors (Lipinski definition) is 5. The van der Waals surface area contributed by atoms with Crippen LogP contribution in [0.4, 0.5) is 0 Å². The van der Waals surface area contributed by atoms with E-state index in [0.29, 0.717) is 12.3 Å². The molecule has 2 aromatic rings. The van der Waals surface area contributed by atoms with Gasteiger partial charge in [-0.25, -0.2) is 0 Å². The average molecular weight is 406 g/mol. The largest absolute Gasteiger partial charge is 0.497 e. The van der Waals surface area contributed by atoms with Crippen molar-refractivity contribution in [1.29, 1.82) is 0 Å². The number of methoxy groups -OCH3 is 1. The van der Waals surface area contributed by atoms with E-state index < -0.39 is 10.1 Å². The number of carbonyl (C=O) groups is 1. The first-order valence-corrected chi connectivity index (χ1v) is 10.5. The van der Waals surface area contributed by atoms with Crippen LogP contribution in [0.5, 0.6) is 11.5 Å². The molecule has 0 unspecified atom stereocenters. The van der Waals surface area contributed by atoms with Crippen molar-refractivity contribution in [2.45, 2.75) is 45.2 Å². The summed E-state index contributed by atoms with van der Waals surface area (Å²) < 4.78 is 35.3. The lowest BCUT2D eigenvalue weighted by atomic mass is 10.1. The highest BCUT2D eigenvalue weighted by atomic mass is 32.2. The molecule has 0 saturated carbocycles. The number of amides is 1. The second-order valence-electron chi connectivity index (χ2n) is 7.07. The molecule has 0 fully saturated rings. The highest BCUT2D eigenvalue weighted by Crippen LogP contribution is 2.23. The molecule has 0 aliphatic carbocycles. The summed E-state index contributed by atoms with van der Waals surface area (Å²) in [7, 11) is -2.46. The fourth-order valence-electron chi connectivity index (χ4n) is 2.66. The SMILES string of the molecule is COc1ccc(S(=O)(=O)Oc2cccc(CN(C(=O)C(C)C)C(C)C)c2)cc1. The Morgan fingerprint density at radius 2 is 1.64 bits per heavy atom. The van der Waals surface area contributed by atoms with E-state index in [9.17, 15) is 13.2 Å². The zero-order chi connectivity index (χ0) is 20.9. The number of carbonyl (C=O) groups excluding carboxylic acids is 1. The van der Waals surface area contributed by atoms with Gasteiger partial charge in [0.15, 0.2) is 0 Å². The number of hydrogen-bond donors (Lipinski definition) is 0. The number of ether oxygens (including phenoxy) is 1. The molecule has 0 bridgehead atoms. The zero-order valence-electron chi connectivity index (χ0n) is 16.9. The van der Waals surface area contributed by atoms with Crippen LogP contribution < -0.4 is 8.92 Å². The fraction of sp³-hybridized carbons (Fsp3) is 0.381. The molecular formula is C21H27NO5S. The maximum Gasteiger partial charge on any atom is 0.339 e. The van der Waals surface area contributed by atoms with Crippen LogP contribution in [0, 0.1) is 5.92 Å². The molecule has 0 heterocycles. The Balaban J connectivity index is 2.21. The Morgan fingerprint density at radius 1 is 1.00 bits per heavy atom. The highest BCUT2D eigenvalue weighted by molar-refractivity contribution is 7.87. The molecule has 7 heteroatoms. The predicted molar refractivity (Wildman–Crippen MR) is 108 cm³/mol. The van der Waals surface area contributed by atoms with Crippen LogP contribution >= 0.6 is 0 Å². The average Bonchev–Trinajstić information content (AvgIpc) is 2.65. The van der Waals surface area contributed by atoms with Crippen molar-refractivity contribution in [1.82, 2.24) is 4.90 Å². The summed E-state index contributed by atoms with van der Waals surface area (Å²) in [5.41, 5.74) is 0.796. The van der Waals surface area contributed by atoms with E-state index in [0.717, 1.165) is 5.56 Å². The molecular weight excluding hydrogens is 378 g/mol. The minimum absolute atomic E-state index is 0.0301. The second kappa shape index (κ2) is 9.10. The lowest BCUT2D eigenvalue weighted by molar-refractivity contribution is -0.136. The van der Waals surface area contributed by atoms with Crippen LogP contribution in [-0.4, -0.2) is 32.4 Å². The molecule has 2 aromatic carbocycles. The summed E-state index contributed by atoms with van der Waals surface area (Å²) in [6, 6.07) is 12.8. The van der Waals surface area contributed by atoms with Crippen LogP contribution in [0.1, 0.15) is 33.3 Å². The Hall–Kier alpha value is -2.54. The third-order valence-electron chi connectivity index (χ3n) is 4.21. The van der Waals surface area contributed by atoms with E-state index >= 15 is 0 Å². The predicted octanol–water partition coefficient (Wildman–Crippen LogP) is 3.86. The Labute approximate surface area is 167 Å². The molecule has 0 aliphatic rings. The van der Waals surface area contributed by atoms with Gasteiger partial charge in [0.05, 0.1) is 7.11 Å². The summed E-state index contributed by atoms with van der Waals surface area (Å²) in [4.78, 5) is 14.2. The van der Waals surface area contributed by atoms with Gasteiger partial charge in [0.25, 0.3) is 0 Å². The first-order valence-electron chi connectivity index (χ1n) is 9.12. The van der Waals surface area contributed by atoms with Gasteiger partial charge in [0, 0.05) is 18.5 Å². The van der Waals surface area contributed by atoms with Gasteiger partial charge in [-0.2, -0.15) is 8.42 Å². The molecule has 0 saturated heterocycles. The van der Waals surface area contributed by atoms with Crippen LogP contribution in [-0.2, 0) is 21.5 Å². The topological polar surface area (TPSA) is 72.9 Å². The summed E-state index contributed by atoms with van der Waals surface area (Å²) in [6.07, 6.45) is 0. The number of nitrogens with zero attached hydrogens (tertiary/aromatic N) is 1. The molecule has 2 rings (SSSR count). The quantitative estimate of drug-likeness (QED) is 0.624. The zero-order valence-corrected chi connectivity index (χ0v) is 17.7. The van der Waals surface area contributed by atoms with Gasteiger partial charge in [-0.1, -0.05) is 26.0 Å². The molecule has 1 amide bonds. The van der Waals surface area contributed by atoms with E-state index in [1.54, 1.807) is 35.2 Å². The summed E-state index contributed by atoms with van der Waals surface area (Å²) >= 11 is 0. The van der Waals surface area contributed by atoms with Crippen molar-refractivity contribution in [3.8, 4) is 11.5 Å². The first-order chi connectivity index (χ1) is 13.1. The normalized spacial score (nSPS) is 11.5. The van der Waals surface area contributed by atoms with Crippen molar-refractivity contribution in [3.63, 3.8) is 0 Å². The third-order valence-corrected chi connectivity index (χ3v) is 5.47.